The van der Waals surface area contributed by atoms with Gasteiger partial charge in [0.25, 0.3) is 0 Å². The molecule has 27 heavy (non-hydrogen) atoms. The lowest BCUT2D eigenvalue weighted by molar-refractivity contribution is -0.132. The molecule has 148 valence electrons. The Balaban J connectivity index is 1.79. The molecule has 1 aliphatic heterocycles. The summed E-state index contributed by atoms with van der Waals surface area (Å²) in [4.78, 5) is 40.0. The lowest BCUT2D eigenvalue weighted by atomic mass is 10.1. The number of hydrogen-bond donors (Lipinski definition) is 0. The van der Waals surface area contributed by atoms with Gasteiger partial charge in [-0.05, 0) is 32.9 Å². The zero-order valence-electron chi connectivity index (χ0n) is 16.5. The average Bonchev–Trinajstić information content (AvgIpc) is 2.64. The SMILES string of the molecule is COc1cccc(C(=O)CCC(=O)N2CCN(C(=O)OC(C)(C)C)CC2)c1. The minimum Gasteiger partial charge on any atom is -0.497 e. The van der Waals surface area contributed by atoms with Crippen LogP contribution in [0.1, 0.15) is 44.0 Å². The Morgan fingerprint density at radius 1 is 1.00 bits per heavy atom. The van der Waals surface area contributed by atoms with E-state index in [0.717, 1.165) is 0 Å². The van der Waals surface area contributed by atoms with E-state index < -0.39 is 5.60 Å². The molecule has 0 aromatic heterocycles. The first kappa shape index (κ1) is 20.7. The topological polar surface area (TPSA) is 76.2 Å². The highest BCUT2D eigenvalue weighted by molar-refractivity contribution is 5.98. The van der Waals surface area contributed by atoms with Crippen LogP contribution in [0.15, 0.2) is 24.3 Å². The number of amides is 2. The second-order valence-electron chi connectivity index (χ2n) is 7.50. The maximum Gasteiger partial charge on any atom is 0.410 e. The Kier molecular flexibility index (Phi) is 6.82. The van der Waals surface area contributed by atoms with Gasteiger partial charge < -0.3 is 19.3 Å². The van der Waals surface area contributed by atoms with Gasteiger partial charge in [-0.2, -0.15) is 0 Å². The summed E-state index contributed by atoms with van der Waals surface area (Å²) in [7, 11) is 1.55. The Bertz CT molecular complexity index is 688. The third-order valence-electron chi connectivity index (χ3n) is 4.24. The van der Waals surface area contributed by atoms with E-state index in [2.05, 4.69) is 0 Å². The zero-order chi connectivity index (χ0) is 20.0. The van der Waals surface area contributed by atoms with Crippen LogP contribution < -0.4 is 4.74 Å². The van der Waals surface area contributed by atoms with Crippen LogP contribution in [-0.4, -0.2) is 66.5 Å². The molecule has 1 aromatic rings. The summed E-state index contributed by atoms with van der Waals surface area (Å²) in [6.45, 7) is 7.24. The molecule has 0 radical (unpaired) electrons. The fourth-order valence-electron chi connectivity index (χ4n) is 2.78. The van der Waals surface area contributed by atoms with Crippen molar-refractivity contribution in [2.24, 2.45) is 0 Å². The van der Waals surface area contributed by atoms with Gasteiger partial charge in [0.15, 0.2) is 5.78 Å². The van der Waals surface area contributed by atoms with Crippen molar-refractivity contribution >= 4 is 17.8 Å². The summed E-state index contributed by atoms with van der Waals surface area (Å²) in [6.07, 6.45) is -0.0522. The van der Waals surface area contributed by atoms with E-state index in [1.165, 1.54) is 0 Å². The highest BCUT2D eigenvalue weighted by Gasteiger charge is 2.27. The molecule has 0 aliphatic carbocycles. The lowest BCUT2D eigenvalue weighted by Crippen LogP contribution is -2.51. The monoisotopic (exact) mass is 376 g/mol. The van der Waals surface area contributed by atoms with Gasteiger partial charge in [0.05, 0.1) is 7.11 Å². The van der Waals surface area contributed by atoms with Crippen LogP contribution in [0.2, 0.25) is 0 Å². The number of benzene rings is 1. The van der Waals surface area contributed by atoms with Crippen molar-refractivity contribution in [1.82, 2.24) is 9.80 Å². The third kappa shape index (κ3) is 6.27. The van der Waals surface area contributed by atoms with E-state index in [0.29, 0.717) is 37.5 Å². The summed E-state index contributed by atoms with van der Waals surface area (Å²) in [5.41, 5.74) is 0.00161. The van der Waals surface area contributed by atoms with Crippen molar-refractivity contribution in [3.8, 4) is 5.75 Å². The highest BCUT2D eigenvalue weighted by atomic mass is 16.6. The number of ether oxygens (including phenoxy) is 2. The van der Waals surface area contributed by atoms with Crippen molar-refractivity contribution in [2.75, 3.05) is 33.3 Å². The fraction of sp³-hybridized carbons (Fsp3) is 0.550. The molecule has 1 heterocycles. The summed E-state index contributed by atoms with van der Waals surface area (Å²) in [5.74, 6) is 0.454. The van der Waals surface area contributed by atoms with Crippen molar-refractivity contribution in [1.29, 1.82) is 0 Å². The molecule has 0 unspecified atom stereocenters. The van der Waals surface area contributed by atoms with Gasteiger partial charge in [0, 0.05) is 44.6 Å². The molecule has 0 bridgehead atoms. The lowest BCUT2D eigenvalue weighted by Gasteiger charge is -2.35. The first-order valence-corrected chi connectivity index (χ1v) is 9.12. The van der Waals surface area contributed by atoms with E-state index in [9.17, 15) is 14.4 Å². The molecule has 1 aromatic carbocycles. The predicted octanol–water partition coefficient (Wildman–Crippen LogP) is 2.74. The van der Waals surface area contributed by atoms with Gasteiger partial charge in [-0.15, -0.1) is 0 Å². The van der Waals surface area contributed by atoms with Crippen LogP contribution in [0, 0.1) is 0 Å². The van der Waals surface area contributed by atoms with Crippen molar-refractivity contribution < 1.29 is 23.9 Å². The summed E-state index contributed by atoms with van der Waals surface area (Å²) in [5, 5.41) is 0. The summed E-state index contributed by atoms with van der Waals surface area (Å²) >= 11 is 0. The molecule has 1 aliphatic rings. The number of methoxy groups -OCH3 is 1. The van der Waals surface area contributed by atoms with Crippen LogP contribution in [0.3, 0.4) is 0 Å². The van der Waals surface area contributed by atoms with Crippen LogP contribution in [0.4, 0.5) is 4.79 Å². The van der Waals surface area contributed by atoms with Gasteiger partial charge in [-0.3, -0.25) is 9.59 Å². The maximum atomic E-state index is 12.4. The van der Waals surface area contributed by atoms with Gasteiger partial charge in [0.1, 0.15) is 11.4 Å². The van der Waals surface area contributed by atoms with Crippen molar-refractivity contribution in [2.45, 2.75) is 39.2 Å². The Hall–Kier alpha value is -2.57. The van der Waals surface area contributed by atoms with E-state index in [1.54, 1.807) is 41.2 Å². The number of nitrogens with zero attached hydrogens (tertiary/aromatic N) is 2. The van der Waals surface area contributed by atoms with Crippen LogP contribution >= 0.6 is 0 Å². The van der Waals surface area contributed by atoms with Gasteiger partial charge in [-0.25, -0.2) is 4.79 Å². The van der Waals surface area contributed by atoms with E-state index in [1.807, 2.05) is 20.8 Å². The zero-order valence-corrected chi connectivity index (χ0v) is 16.5. The smallest absolute Gasteiger partial charge is 0.410 e. The van der Waals surface area contributed by atoms with Crippen molar-refractivity contribution in [3.05, 3.63) is 29.8 Å². The highest BCUT2D eigenvalue weighted by Crippen LogP contribution is 2.16. The molecule has 7 heteroatoms. The Labute approximate surface area is 160 Å². The molecule has 0 saturated carbocycles. The number of piperazine rings is 1. The Morgan fingerprint density at radius 2 is 1.63 bits per heavy atom. The first-order valence-electron chi connectivity index (χ1n) is 9.12. The molecule has 1 fully saturated rings. The standard InChI is InChI=1S/C20H28N2O5/c1-20(2,3)27-19(25)22-12-10-21(11-13-22)18(24)9-8-17(23)15-6-5-7-16(14-15)26-4/h5-7,14H,8-13H2,1-4H3. The molecule has 1 saturated heterocycles. The van der Waals surface area contributed by atoms with Crippen LogP contribution in [0.5, 0.6) is 5.75 Å². The van der Waals surface area contributed by atoms with Gasteiger partial charge in [0.2, 0.25) is 5.91 Å². The number of rotatable bonds is 5. The molecule has 2 rings (SSSR count). The molecule has 2 amide bonds. The number of ketones is 1. The molecular weight excluding hydrogens is 348 g/mol. The van der Waals surface area contributed by atoms with Gasteiger partial charge in [-0.1, -0.05) is 12.1 Å². The van der Waals surface area contributed by atoms with E-state index in [4.69, 9.17) is 9.47 Å². The predicted molar refractivity (Wildman–Crippen MR) is 101 cm³/mol. The fourth-order valence-corrected chi connectivity index (χ4v) is 2.78. The second kappa shape index (κ2) is 8.88. The maximum absolute atomic E-state index is 12.4. The van der Waals surface area contributed by atoms with Crippen molar-refractivity contribution in [3.63, 3.8) is 0 Å². The average molecular weight is 376 g/mol. The Morgan fingerprint density at radius 3 is 2.22 bits per heavy atom. The number of carbonyl (C=O) groups excluding carboxylic acids is 3. The molecule has 0 N–H and O–H groups in total. The van der Waals surface area contributed by atoms with Gasteiger partial charge >= 0.3 is 6.09 Å². The first-order chi connectivity index (χ1) is 12.7. The number of Topliss-reactive ketones (excluding diaryl/α,β-unsaturated/α-hetero) is 1. The minimum absolute atomic E-state index is 0.0740. The molecule has 0 atom stereocenters. The summed E-state index contributed by atoms with van der Waals surface area (Å²) < 4.78 is 10.5. The molecule has 0 spiro atoms. The largest absolute Gasteiger partial charge is 0.497 e. The second-order valence-corrected chi connectivity index (χ2v) is 7.50. The number of hydrogen-bond acceptors (Lipinski definition) is 5. The normalized spacial score (nSPS) is 14.7. The number of carbonyl (C=O) groups is 3. The van der Waals surface area contributed by atoms with Crippen LogP contribution in [-0.2, 0) is 9.53 Å². The third-order valence-corrected chi connectivity index (χ3v) is 4.24. The minimum atomic E-state index is -0.537. The van der Waals surface area contributed by atoms with Crippen LogP contribution in [0.25, 0.3) is 0 Å². The summed E-state index contributed by atoms with van der Waals surface area (Å²) in [6, 6.07) is 6.91. The molecular formula is C20H28N2O5. The molecule has 7 nitrogen and oxygen atoms in total. The van der Waals surface area contributed by atoms with E-state index in [-0.39, 0.29) is 30.6 Å². The quantitative estimate of drug-likeness (QED) is 0.739. The van der Waals surface area contributed by atoms with E-state index >= 15 is 0 Å².